The molecule has 7 nitrogen and oxygen atoms in total. The number of rotatable bonds is 6. The van der Waals surface area contributed by atoms with Crippen molar-refractivity contribution in [3.05, 3.63) is 12.1 Å². The van der Waals surface area contributed by atoms with Crippen molar-refractivity contribution >= 4 is 15.7 Å². The van der Waals surface area contributed by atoms with Crippen LogP contribution in [0.25, 0.3) is 0 Å². The molecule has 0 spiro atoms. The van der Waals surface area contributed by atoms with Gasteiger partial charge in [0.1, 0.15) is 6.10 Å². The van der Waals surface area contributed by atoms with Gasteiger partial charge in [-0.2, -0.15) is 0 Å². The largest absolute Gasteiger partial charge is 0.428 e. The normalized spacial score (nSPS) is 25.7. The highest BCUT2D eigenvalue weighted by Gasteiger charge is 2.35. The molecular weight excluding hydrogens is 294 g/mol. The first kappa shape index (κ1) is 13.3. The van der Waals surface area contributed by atoms with Crippen molar-refractivity contribution in [3.63, 3.8) is 0 Å². The molecule has 0 saturated heterocycles. The van der Waals surface area contributed by atoms with Crippen LogP contribution in [0.1, 0.15) is 43.9 Å². The second-order valence-corrected chi connectivity index (χ2v) is 7.63. The highest BCUT2D eigenvalue weighted by atomic mass is 32.2. The van der Waals surface area contributed by atoms with Gasteiger partial charge in [0.15, 0.2) is 5.89 Å². The smallest absolute Gasteiger partial charge is 0.275 e. The number of hydrogen-bond donors (Lipinski definition) is 1. The van der Waals surface area contributed by atoms with Gasteiger partial charge in [-0.05, 0) is 25.7 Å². The van der Waals surface area contributed by atoms with Crippen LogP contribution in [-0.4, -0.2) is 31.8 Å². The molecule has 1 aliphatic heterocycles. The molecular formula is C13H17N3O4S. The minimum Gasteiger partial charge on any atom is -0.428 e. The number of nitrogens with one attached hydrogen (secondary N) is 1. The number of aromatic nitrogens is 1. The fourth-order valence-electron chi connectivity index (χ4n) is 2.41. The predicted molar refractivity (Wildman–Crippen MR) is 73.3 cm³/mol. The van der Waals surface area contributed by atoms with Gasteiger partial charge < -0.3 is 9.25 Å². The Morgan fingerprint density at radius 2 is 2.00 bits per heavy atom. The van der Waals surface area contributed by atoms with E-state index in [2.05, 4.69) is 14.9 Å². The first-order valence-electron chi connectivity index (χ1n) is 7.30. The van der Waals surface area contributed by atoms with Crippen LogP contribution in [0, 0.1) is 5.92 Å². The molecule has 114 valence electrons. The summed E-state index contributed by atoms with van der Waals surface area (Å²) < 4.78 is 32.1. The van der Waals surface area contributed by atoms with E-state index in [1.165, 1.54) is 19.0 Å². The molecule has 2 aliphatic carbocycles. The van der Waals surface area contributed by atoms with Crippen LogP contribution < -0.4 is 4.72 Å². The molecule has 0 bridgehead atoms. The quantitative estimate of drug-likeness (QED) is 0.856. The van der Waals surface area contributed by atoms with E-state index >= 15 is 0 Å². The summed E-state index contributed by atoms with van der Waals surface area (Å²) in [5.41, 5.74) is 1.06. The van der Waals surface area contributed by atoms with Gasteiger partial charge in [-0.1, -0.05) is 5.16 Å². The third-order valence-corrected chi connectivity index (χ3v) is 5.26. The zero-order valence-corrected chi connectivity index (χ0v) is 12.3. The Balaban J connectivity index is 1.34. The standard InChI is InChI=1S/C13H17N3O4S/c17-21(18,12-7-14-13(19-12)9-3-4-9)15-6-10-5-11(16-20-10)8-1-2-8/h7-10,15H,1-6H2. The van der Waals surface area contributed by atoms with Crippen LogP contribution in [0.4, 0.5) is 0 Å². The van der Waals surface area contributed by atoms with E-state index in [-0.39, 0.29) is 17.7 Å². The van der Waals surface area contributed by atoms with Crippen molar-refractivity contribution < 1.29 is 17.7 Å². The highest BCUT2D eigenvalue weighted by Crippen LogP contribution is 2.39. The molecule has 2 heterocycles. The van der Waals surface area contributed by atoms with E-state index in [1.807, 2.05) is 0 Å². The number of hydrogen-bond acceptors (Lipinski definition) is 6. The van der Waals surface area contributed by atoms with Gasteiger partial charge in [0.05, 0.1) is 18.5 Å². The summed E-state index contributed by atoms with van der Waals surface area (Å²) in [4.78, 5) is 9.29. The average molecular weight is 311 g/mol. The second-order valence-electron chi connectivity index (χ2n) is 5.93. The zero-order valence-electron chi connectivity index (χ0n) is 11.5. The molecule has 1 aromatic heterocycles. The molecule has 1 N–H and O–H groups in total. The van der Waals surface area contributed by atoms with Gasteiger partial charge >= 0.3 is 0 Å². The van der Waals surface area contributed by atoms with Crippen molar-refractivity contribution in [2.45, 2.75) is 49.2 Å². The molecule has 4 rings (SSSR count). The molecule has 2 fully saturated rings. The van der Waals surface area contributed by atoms with Crippen LogP contribution >= 0.6 is 0 Å². The van der Waals surface area contributed by atoms with Crippen LogP contribution in [0.3, 0.4) is 0 Å². The summed E-state index contributed by atoms with van der Waals surface area (Å²) >= 11 is 0. The van der Waals surface area contributed by atoms with Crippen molar-refractivity contribution in [1.29, 1.82) is 0 Å². The van der Waals surface area contributed by atoms with E-state index in [9.17, 15) is 8.42 Å². The number of sulfonamides is 1. The monoisotopic (exact) mass is 311 g/mol. The Bertz CT molecular complexity index is 673. The lowest BCUT2D eigenvalue weighted by atomic mass is 10.1. The predicted octanol–water partition coefficient (Wildman–Crippen LogP) is 1.39. The fraction of sp³-hybridized carbons (Fsp3) is 0.692. The summed E-state index contributed by atoms with van der Waals surface area (Å²) in [6, 6.07) is 0. The lowest BCUT2D eigenvalue weighted by Gasteiger charge is -2.08. The van der Waals surface area contributed by atoms with Crippen LogP contribution in [0.2, 0.25) is 0 Å². The first-order valence-corrected chi connectivity index (χ1v) is 8.78. The zero-order chi connectivity index (χ0) is 14.4. The van der Waals surface area contributed by atoms with E-state index in [0.29, 0.717) is 24.1 Å². The maximum Gasteiger partial charge on any atom is 0.275 e. The lowest BCUT2D eigenvalue weighted by Crippen LogP contribution is -2.32. The SMILES string of the molecule is O=S(=O)(NCC1CC(C2CC2)=NO1)c1cnc(C2CC2)o1. The summed E-state index contributed by atoms with van der Waals surface area (Å²) in [6.07, 6.45) is 6.14. The molecule has 3 aliphatic rings. The van der Waals surface area contributed by atoms with E-state index in [4.69, 9.17) is 9.25 Å². The molecule has 1 atom stereocenters. The van der Waals surface area contributed by atoms with Gasteiger partial charge in [-0.15, -0.1) is 0 Å². The number of oxazole rings is 1. The van der Waals surface area contributed by atoms with Crippen molar-refractivity contribution in [1.82, 2.24) is 9.71 Å². The van der Waals surface area contributed by atoms with Crippen molar-refractivity contribution in [3.8, 4) is 0 Å². The first-order chi connectivity index (χ1) is 10.1. The average Bonchev–Trinajstić information content (AvgIpc) is 3.40. The van der Waals surface area contributed by atoms with Gasteiger partial charge in [-0.3, -0.25) is 0 Å². The van der Waals surface area contributed by atoms with E-state index in [1.54, 1.807) is 0 Å². The van der Waals surface area contributed by atoms with Gasteiger partial charge in [-0.25, -0.2) is 18.1 Å². The Kier molecular flexibility index (Phi) is 3.04. The minimum absolute atomic E-state index is 0.120. The Morgan fingerprint density at radius 3 is 2.71 bits per heavy atom. The molecule has 2 saturated carbocycles. The lowest BCUT2D eigenvalue weighted by molar-refractivity contribution is 0.0890. The molecule has 0 amide bonds. The van der Waals surface area contributed by atoms with E-state index < -0.39 is 10.0 Å². The highest BCUT2D eigenvalue weighted by molar-refractivity contribution is 7.89. The van der Waals surface area contributed by atoms with E-state index in [0.717, 1.165) is 18.6 Å². The van der Waals surface area contributed by atoms with Gasteiger partial charge in [0.2, 0.25) is 0 Å². The van der Waals surface area contributed by atoms with Gasteiger partial charge in [0, 0.05) is 18.3 Å². The van der Waals surface area contributed by atoms with Crippen LogP contribution in [0.5, 0.6) is 0 Å². The number of oxime groups is 1. The topological polar surface area (TPSA) is 93.8 Å². The molecule has 1 unspecified atom stereocenters. The summed E-state index contributed by atoms with van der Waals surface area (Å²) in [6.45, 7) is 0.196. The molecule has 1 aromatic rings. The molecule has 0 aromatic carbocycles. The molecule has 21 heavy (non-hydrogen) atoms. The summed E-state index contributed by atoms with van der Waals surface area (Å²) in [5, 5.41) is 3.91. The Morgan fingerprint density at radius 1 is 1.24 bits per heavy atom. The molecule has 0 radical (unpaired) electrons. The van der Waals surface area contributed by atoms with Crippen molar-refractivity contribution in [2.24, 2.45) is 11.1 Å². The minimum atomic E-state index is -3.66. The Labute approximate surface area is 122 Å². The number of nitrogens with zero attached hydrogens (tertiary/aromatic N) is 2. The fourth-order valence-corrected chi connectivity index (χ4v) is 3.34. The third kappa shape index (κ3) is 2.82. The second kappa shape index (κ2) is 4.81. The molecule has 8 heteroatoms. The summed E-state index contributed by atoms with van der Waals surface area (Å²) in [7, 11) is -3.66. The summed E-state index contributed by atoms with van der Waals surface area (Å²) in [5.74, 6) is 1.37. The van der Waals surface area contributed by atoms with Crippen molar-refractivity contribution in [2.75, 3.05) is 6.54 Å². The third-order valence-electron chi connectivity index (χ3n) is 4.00. The maximum absolute atomic E-state index is 12.1. The maximum atomic E-state index is 12.1. The van der Waals surface area contributed by atoms with Crippen LogP contribution in [0.15, 0.2) is 20.9 Å². The Hall–Kier alpha value is -1.41. The van der Waals surface area contributed by atoms with Crippen LogP contribution in [-0.2, 0) is 14.9 Å². The van der Waals surface area contributed by atoms with Gasteiger partial charge in [0.25, 0.3) is 15.1 Å².